The van der Waals surface area contributed by atoms with Crippen LogP contribution in [0.4, 0.5) is 4.39 Å². The molecule has 0 aliphatic carbocycles. The molecule has 2 aromatic carbocycles. The normalized spacial score (nSPS) is 12.8. The van der Waals surface area contributed by atoms with Gasteiger partial charge in [0.15, 0.2) is 5.82 Å². The first kappa shape index (κ1) is 22.9. The number of aliphatic carboxylic acids is 1. The van der Waals surface area contributed by atoms with Gasteiger partial charge in [-0.3, -0.25) is 4.79 Å². The van der Waals surface area contributed by atoms with Gasteiger partial charge in [0, 0.05) is 17.9 Å². The smallest absolute Gasteiger partial charge is 0.330 e. The molecule has 0 fully saturated rings. The highest BCUT2D eigenvalue weighted by Crippen LogP contribution is 2.35. The Hall–Kier alpha value is -4.32. The SMILES string of the molecule is CCOc1ccc(-n2nc3c(C(C#N)(Cc4ccccc4)C(=O)O)nnc(C)c3c2C)c(F)c1. The second-order valence-electron chi connectivity index (χ2n) is 7.89. The molecule has 2 aromatic heterocycles. The Morgan fingerprint density at radius 3 is 2.56 bits per heavy atom. The van der Waals surface area contributed by atoms with Crippen molar-refractivity contribution in [2.45, 2.75) is 32.6 Å². The maximum absolute atomic E-state index is 15.0. The molecule has 8 nitrogen and oxygen atoms in total. The number of hydrogen-bond acceptors (Lipinski definition) is 6. The first-order chi connectivity index (χ1) is 16.3. The molecule has 172 valence electrons. The molecule has 0 saturated heterocycles. The molecule has 2 heterocycles. The molecule has 0 aliphatic heterocycles. The number of halogens is 1. The molecule has 0 aliphatic rings. The van der Waals surface area contributed by atoms with Gasteiger partial charge in [-0.15, -0.1) is 0 Å². The van der Waals surface area contributed by atoms with Crippen LogP contribution in [-0.2, 0) is 16.6 Å². The van der Waals surface area contributed by atoms with Gasteiger partial charge in [-0.25, -0.2) is 9.07 Å². The molecule has 9 heteroatoms. The molecule has 1 atom stereocenters. The van der Waals surface area contributed by atoms with E-state index in [4.69, 9.17) is 4.74 Å². The van der Waals surface area contributed by atoms with Gasteiger partial charge in [-0.05, 0) is 38.5 Å². The zero-order chi connectivity index (χ0) is 24.5. The third kappa shape index (κ3) is 3.73. The summed E-state index contributed by atoms with van der Waals surface area (Å²) >= 11 is 0. The summed E-state index contributed by atoms with van der Waals surface area (Å²) in [7, 11) is 0. The van der Waals surface area contributed by atoms with E-state index in [1.807, 2.05) is 6.07 Å². The van der Waals surface area contributed by atoms with Gasteiger partial charge in [-0.2, -0.15) is 20.6 Å². The molecule has 1 unspecified atom stereocenters. The Morgan fingerprint density at radius 2 is 1.94 bits per heavy atom. The lowest BCUT2D eigenvalue weighted by molar-refractivity contribution is -0.141. The summed E-state index contributed by atoms with van der Waals surface area (Å²) in [5.74, 6) is -1.54. The van der Waals surface area contributed by atoms with E-state index in [2.05, 4.69) is 15.3 Å². The Bertz CT molecular complexity index is 1430. The fourth-order valence-corrected chi connectivity index (χ4v) is 4.06. The average Bonchev–Trinajstić information content (AvgIpc) is 3.16. The summed E-state index contributed by atoms with van der Waals surface area (Å²) in [6, 6.07) is 15.2. The van der Waals surface area contributed by atoms with E-state index in [-0.39, 0.29) is 23.3 Å². The van der Waals surface area contributed by atoms with Crippen LogP contribution in [-0.4, -0.2) is 37.7 Å². The van der Waals surface area contributed by atoms with Crippen molar-refractivity contribution >= 4 is 16.9 Å². The maximum atomic E-state index is 15.0. The monoisotopic (exact) mass is 459 g/mol. The number of nitrogens with zero attached hydrogens (tertiary/aromatic N) is 5. The molecule has 0 amide bonds. The van der Waals surface area contributed by atoms with Crippen LogP contribution in [0.1, 0.15) is 29.6 Å². The molecule has 34 heavy (non-hydrogen) atoms. The second kappa shape index (κ2) is 8.90. The number of nitriles is 1. The molecule has 0 radical (unpaired) electrons. The highest BCUT2D eigenvalue weighted by molar-refractivity contribution is 5.94. The predicted molar refractivity (Wildman–Crippen MR) is 122 cm³/mol. The van der Waals surface area contributed by atoms with E-state index in [0.717, 1.165) is 0 Å². The quantitative estimate of drug-likeness (QED) is 0.443. The number of carboxylic acids is 1. The van der Waals surface area contributed by atoms with E-state index in [1.165, 1.54) is 16.8 Å². The number of benzene rings is 2. The number of aromatic nitrogens is 4. The number of rotatable bonds is 7. The topological polar surface area (TPSA) is 114 Å². The summed E-state index contributed by atoms with van der Waals surface area (Å²) < 4.78 is 21.7. The van der Waals surface area contributed by atoms with E-state index >= 15 is 0 Å². The van der Waals surface area contributed by atoms with Gasteiger partial charge in [0.1, 0.15) is 22.6 Å². The van der Waals surface area contributed by atoms with Gasteiger partial charge < -0.3 is 9.84 Å². The van der Waals surface area contributed by atoms with Gasteiger partial charge in [0.2, 0.25) is 5.41 Å². The summed E-state index contributed by atoms with van der Waals surface area (Å²) in [4.78, 5) is 12.5. The predicted octanol–water partition coefficient (Wildman–Crippen LogP) is 4.06. The number of carbonyl (C=O) groups is 1. The molecule has 4 rings (SSSR count). The highest BCUT2D eigenvalue weighted by atomic mass is 19.1. The van der Waals surface area contributed by atoms with Crippen molar-refractivity contribution in [3.05, 3.63) is 77.0 Å². The van der Waals surface area contributed by atoms with Crippen LogP contribution in [0.3, 0.4) is 0 Å². The first-order valence-corrected chi connectivity index (χ1v) is 10.7. The lowest BCUT2D eigenvalue weighted by atomic mass is 9.79. The number of fused-ring (bicyclic) bond motifs is 1. The van der Waals surface area contributed by atoms with Gasteiger partial charge in [-0.1, -0.05) is 30.3 Å². The largest absolute Gasteiger partial charge is 0.494 e. The average molecular weight is 459 g/mol. The third-order valence-electron chi connectivity index (χ3n) is 5.73. The van der Waals surface area contributed by atoms with Crippen LogP contribution < -0.4 is 4.74 Å². The van der Waals surface area contributed by atoms with Crippen LogP contribution in [0.5, 0.6) is 5.75 Å². The zero-order valence-electron chi connectivity index (χ0n) is 18.9. The summed E-state index contributed by atoms with van der Waals surface area (Å²) in [5, 5.41) is 33.6. The first-order valence-electron chi connectivity index (χ1n) is 10.7. The molecule has 0 bridgehead atoms. The highest BCUT2D eigenvalue weighted by Gasteiger charge is 2.45. The number of carboxylic acid groups (broad SMARTS) is 1. The maximum Gasteiger partial charge on any atom is 0.330 e. The summed E-state index contributed by atoms with van der Waals surface area (Å²) in [5.41, 5.74) is -0.0876. The summed E-state index contributed by atoms with van der Waals surface area (Å²) in [6.07, 6.45) is -0.129. The molecule has 0 spiro atoms. The van der Waals surface area contributed by atoms with Crippen molar-refractivity contribution in [3.63, 3.8) is 0 Å². The van der Waals surface area contributed by atoms with Crippen molar-refractivity contribution in [3.8, 4) is 17.5 Å². The molecular weight excluding hydrogens is 437 g/mol. The Labute approximate surface area is 195 Å². The van der Waals surface area contributed by atoms with E-state index in [0.29, 0.717) is 34.7 Å². The molecule has 0 saturated carbocycles. The van der Waals surface area contributed by atoms with Crippen LogP contribution in [0.2, 0.25) is 0 Å². The van der Waals surface area contributed by atoms with E-state index in [1.54, 1.807) is 57.2 Å². The molecule has 1 N–H and O–H groups in total. The van der Waals surface area contributed by atoms with Crippen molar-refractivity contribution in [1.29, 1.82) is 5.26 Å². The lowest BCUT2D eigenvalue weighted by Crippen LogP contribution is -2.38. The fraction of sp³-hybridized carbons (Fsp3) is 0.240. The van der Waals surface area contributed by atoms with Crippen molar-refractivity contribution in [2.75, 3.05) is 6.61 Å². The van der Waals surface area contributed by atoms with Gasteiger partial charge in [0.25, 0.3) is 0 Å². The van der Waals surface area contributed by atoms with Crippen molar-refractivity contribution < 1.29 is 19.0 Å². The fourth-order valence-electron chi connectivity index (χ4n) is 4.06. The van der Waals surface area contributed by atoms with E-state index < -0.39 is 17.2 Å². The third-order valence-corrected chi connectivity index (χ3v) is 5.73. The van der Waals surface area contributed by atoms with Gasteiger partial charge >= 0.3 is 5.97 Å². The molecule has 4 aromatic rings. The van der Waals surface area contributed by atoms with Crippen LogP contribution in [0.15, 0.2) is 48.5 Å². The zero-order valence-corrected chi connectivity index (χ0v) is 18.9. The van der Waals surface area contributed by atoms with Crippen molar-refractivity contribution in [2.24, 2.45) is 0 Å². The lowest BCUT2D eigenvalue weighted by Gasteiger charge is -2.21. The van der Waals surface area contributed by atoms with Crippen LogP contribution in [0.25, 0.3) is 16.6 Å². The number of aryl methyl sites for hydroxylation is 2. The standard InChI is InChI=1S/C25H22FN5O3/c1-4-34-18-10-11-20(19(26)12-18)31-16(3)21-15(2)28-29-23(22(21)30-31)25(14-27,24(32)33)13-17-8-6-5-7-9-17/h5-12H,4,13H2,1-3H3,(H,32,33). The molecular formula is C25H22FN5O3. The van der Waals surface area contributed by atoms with Crippen LogP contribution >= 0.6 is 0 Å². The number of hydrogen-bond donors (Lipinski definition) is 1. The van der Waals surface area contributed by atoms with Crippen molar-refractivity contribution in [1.82, 2.24) is 20.0 Å². The van der Waals surface area contributed by atoms with E-state index in [9.17, 15) is 19.6 Å². The minimum Gasteiger partial charge on any atom is -0.494 e. The second-order valence-corrected chi connectivity index (χ2v) is 7.89. The minimum absolute atomic E-state index is 0.0832. The Kier molecular flexibility index (Phi) is 5.99. The Morgan fingerprint density at radius 1 is 1.21 bits per heavy atom. The Balaban J connectivity index is 1.96. The van der Waals surface area contributed by atoms with Gasteiger partial charge in [0.05, 0.1) is 24.1 Å². The number of ether oxygens (including phenoxy) is 1. The minimum atomic E-state index is -2.04. The summed E-state index contributed by atoms with van der Waals surface area (Å²) in [6.45, 7) is 5.64. The van der Waals surface area contributed by atoms with Crippen LogP contribution in [0, 0.1) is 31.0 Å².